The molecule has 0 atom stereocenters. The molecule has 8 aromatic carbocycles. The highest BCUT2D eigenvalue weighted by Gasteiger charge is 2.40. The van der Waals surface area contributed by atoms with Crippen molar-refractivity contribution in [2.75, 3.05) is 4.90 Å². The standard InChI is InChI=1S/C50H35NO/c1-50(46-18-10-8-16-42(46)43-17-9-11-19-47(43)50)38-24-30-48-44(32-38)45-33-41(29-31-49(45)52-48)51(39-25-20-36(21-26-39)34-12-4-2-5-13-34)40-27-22-37(23-28-40)35-14-6-3-7-15-35/h2-33H,1H3/i2D,3D,4D,5D,6D,7D,8D,9D,10D,11D,12D,13D,14D,15D,16D,17D,18D,19D,20D,21D,22D,23D,24D,25D,26D,27D,28D,29D,30D,31D,32D,33D. The predicted octanol–water partition coefficient (Wildman–Crippen LogP) is 13.7. The molecular weight excluding hydrogens is 631 g/mol. The number of hydrogen-bond acceptors (Lipinski definition) is 2. The average molecular weight is 698 g/mol. The molecule has 0 aliphatic heterocycles. The van der Waals surface area contributed by atoms with Crippen LogP contribution in [0.15, 0.2) is 198 Å². The number of benzene rings is 8. The lowest BCUT2D eigenvalue weighted by Crippen LogP contribution is -2.22. The van der Waals surface area contributed by atoms with Crippen LogP contribution in [0.5, 0.6) is 0 Å². The van der Waals surface area contributed by atoms with Crippen LogP contribution in [0.2, 0.25) is 0 Å². The molecule has 0 unspecified atom stereocenters. The van der Waals surface area contributed by atoms with Gasteiger partial charge in [0.15, 0.2) is 0 Å². The van der Waals surface area contributed by atoms with E-state index in [1.165, 1.54) is 6.92 Å². The molecule has 0 spiro atoms. The van der Waals surface area contributed by atoms with Crippen molar-refractivity contribution >= 4 is 39.0 Å². The molecule has 0 saturated heterocycles. The Balaban J connectivity index is 1.40. The molecular formula is C50H35NO. The molecule has 1 heterocycles. The van der Waals surface area contributed by atoms with Gasteiger partial charge in [0.1, 0.15) is 11.2 Å². The third-order valence-corrected chi connectivity index (χ3v) is 8.52. The topological polar surface area (TPSA) is 16.4 Å². The molecule has 10 rings (SSSR count). The van der Waals surface area contributed by atoms with Crippen LogP contribution in [0.4, 0.5) is 17.1 Å². The Kier molecular flexibility index (Phi) is 2.76. The van der Waals surface area contributed by atoms with Crippen molar-refractivity contribution in [2.45, 2.75) is 12.3 Å². The third-order valence-electron chi connectivity index (χ3n) is 8.52. The molecule has 0 radical (unpaired) electrons. The molecule has 246 valence electrons. The highest BCUT2D eigenvalue weighted by molar-refractivity contribution is 6.07. The largest absolute Gasteiger partial charge is 0.456 e. The van der Waals surface area contributed by atoms with Crippen molar-refractivity contribution in [3.63, 3.8) is 0 Å². The summed E-state index contributed by atoms with van der Waals surface area (Å²) in [5.41, 5.74) is -13.4. The lowest BCUT2D eigenvalue weighted by atomic mass is 9.74. The molecule has 1 aliphatic rings. The van der Waals surface area contributed by atoms with E-state index in [1.54, 1.807) is 0 Å². The fraction of sp³-hybridized carbons (Fsp3) is 0.0400. The maximum absolute atomic E-state index is 10.1. The second-order valence-corrected chi connectivity index (χ2v) is 11.4. The second kappa shape index (κ2) is 12.0. The molecule has 1 aliphatic carbocycles. The van der Waals surface area contributed by atoms with E-state index in [-0.39, 0.29) is 0 Å². The van der Waals surface area contributed by atoms with Crippen LogP contribution in [0.3, 0.4) is 0 Å². The van der Waals surface area contributed by atoms with E-state index in [1.807, 2.05) is 0 Å². The summed E-state index contributed by atoms with van der Waals surface area (Å²) in [5, 5.41) is -1.44. The zero-order chi connectivity index (χ0) is 62.5. The van der Waals surface area contributed by atoms with Crippen LogP contribution in [0.25, 0.3) is 55.3 Å². The van der Waals surface area contributed by atoms with Gasteiger partial charge in [-0.1, -0.05) is 139 Å². The summed E-state index contributed by atoms with van der Waals surface area (Å²) in [6, 6.07) is -32.2. The van der Waals surface area contributed by atoms with Gasteiger partial charge in [0.25, 0.3) is 0 Å². The fourth-order valence-electron chi connectivity index (χ4n) is 6.04. The van der Waals surface area contributed by atoms with Crippen LogP contribution in [-0.4, -0.2) is 0 Å². The minimum absolute atomic E-state index is 0.336. The van der Waals surface area contributed by atoms with E-state index in [4.69, 9.17) is 26.3 Å². The van der Waals surface area contributed by atoms with E-state index >= 15 is 0 Å². The number of rotatable bonds is 6. The average Bonchev–Trinajstić information content (AvgIpc) is 1.64. The first-order valence-corrected chi connectivity index (χ1v) is 15.3. The smallest absolute Gasteiger partial charge is 0.135 e. The van der Waals surface area contributed by atoms with Crippen molar-refractivity contribution in [3.8, 4) is 33.4 Å². The molecule has 2 nitrogen and oxygen atoms in total. The summed E-state index contributed by atoms with van der Waals surface area (Å²) in [6.07, 6.45) is 0. The van der Waals surface area contributed by atoms with Crippen molar-refractivity contribution in [3.05, 3.63) is 210 Å². The van der Waals surface area contributed by atoms with Crippen molar-refractivity contribution in [2.24, 2.45) is 0 Å². The Morgan fingerprint density at radius 2 is 0.846 bits per heavy atom. The van der Waals surface area contributed by atoms with Gasteiger partial charge >= 0.3 is 0 Å². The van der Waals surface area contributed by atoms with E-state index in [0.717, 1.165) is 0 Å². The predicted molar refractivity (Wildman–Crippen MR) is 217 cm³/mol. The SMILES string of the molecule is [2H]c1c([2H])c([2H])c(-c2c([2H])c([2H])c(N(c3c([2H])c([2H])c(-c4c([2H])c([2H])c([2H])c([2H])c4[2H])c([2H])c3[2H])c3c([2H])c([2H])c4oc5c([2H])c([2H])c(C6(C)c7c([2H])c([2H])c([2H])c([2H])c7-c7c([2H])c([2H])c([2H])c([2H])c76)c([2H])c5c4c3[2H])c([2H])c2[2H])c([2H])c1[2H]. The Labute approximate surface area is 348 Å². The van der Waals surface area contributed by atoms with Crippen LogP contribution >= 0.6 is 0 Å². The van der Waals surface area contributed by atoms with E-state index in [9.17, 15) is 21.9 Å². The quantitative estimate of drug-likeness (QED) is 0.172. The first kappa shape index (κ1) is 12.0. The molecule has 0 saturated carbocycles. The summed E-state index contributed by atoms with van der Waals surface area (Å²) in [6.45, 7) is 1.19. The number of fused-ring (bicyclic) bond motifs is 6. The van der Waals surface area contributed by atoms with Gasteiger partial charge in [-0.2, -0.15) is 0 Å². The Bertz CT molecular complexity index is 4280. The van der Waals surface area contributed by atoms with Gasteiger partial charge in [-0.15, -0.1) is 0 Å². The van der Waals surface area contributed by atoms with E-state index in [2.05, 4.69) is 0 Å². The van der Waals surface area contributed by atoms with Crippen LogP contribution in [-0.2, 0) is 5.41 Å². The summed E-state index contributed by atoms with van der Waals surface area (Å²) >= 11 is 0. The van der Waals surface area contributed by atoms with Crippen molar-refractivity contribution in [1.29, 1.82) is 0 Å². The highest BCUT2D eigenvalue weighted by Crippen LogP contribution is 2.53. The molecule has 0 amide bonds. The second-order valence-electron chi connectivity index (χ2n) is 11.4. The molecule has 0 fully saturated rings. The molecule has 0 N–H and O–H groups in total. The number of anilines is 3. The molecule has 1 aromatic heterocycles. The van der Waals surface area contributed by atoms with E-state index < -0.39 is 288 Å². The van der Waals surface area contributed by atoms with Gasteiger partial charge in [-0.25, -0.2) is 0 Å². The summed E-state index contributed by atoms with van der Waals surface area (Å²) in [5.74, 6) is 0. The Morgan fingerprint density at radius 1 is 0.423 bits per heavy atom. The minimum atomic E-state index is -2.40. The van der Waals surface area contributed by atoms with Gasteiger partial charge in [0.05, 0.1) is 43.9 Å². The number of furan rings is 1. The Morgan fingerprint density at radius 3 is 1.38 bits per heavy atom. The zero-order valence-corrected chi connectivity index (χ0v) is 26.4. The third kappa shape index (κ3) is 4.80. The Hall–Kier alpha value is -6.64. The van der Waals surface area contributed by atoms with Gasteiger partial charge in [-0.05, 0) is 111 Å². The van der Waals surface area contributed by atoms with Crippen LogP contribution in [0, 0.1) is 0 Å². The first-order chi connectivity index (χ1) is 39.0. The summed E-state index contributed by atoms with van der Waals surface area (Å²) in [7, 11) is 0. The highest BCUT2D eigenvalue weighted by atomic mass is 16.3. The maximum Gasteiger partial charge on any atom is 0.135 e. The lowest BCUT2D eigenvalue weighted by Gasteiger charge is -2.28. The first-order valence-electron chi connectivity index (χ1n) is 31.3. The number of nitrogens with zero attached hydrogens (tertiary/aromatic N) is 1. The monoisotopic (exact) mass is 697 g/mol. The van der Waals surface area contributed by atoms with Crippen molar-refractivity contribution in [1.82, 2.24) is 0 Å². The van der Waals surface area contributed by atoms with Gasteiger partial charge < -0.3 is 9.32 Å². The van der Waals surface area contributed by atoms with Gasteiger partial charge in [-0.3, -0.25) is 0 Å². The summed E-state index contributed by atoms with van der Waals surface area (Å²) < 4.78 is 294. The van der Waals surface area contributed by atoms with Crippen LogP contribution < -0.4 is 4.90 Å². The lowest BCUT2D eigenvalue weighted by molar-refractivity contribution is 0.667. The minimum Gasteiger partial charge on any atom is -0.456 e. The maximum atomic E-state index is 10.1. The molecule has 0 bridgehead atoms. The molecule has 52 heavy (non-hydrogen) atoms. The normalized spacial score (nSPS) is 21.5. The number of hydrogen-bond donors (Lipinski definition) is 0. The van der Waals surface area contributed by atoms with E-state index in [0.29, 0.717) is 4.90 Å². The van der Waals surface area contributed by atoms with Gasteiger partial charge in [0, 0.05) is 33.2 Å². The van der Waals surface area contributed by atoms with Gasteiger partial charge in [0.2, 0.25) is 0 Å². The molecule has 2 heteroatoms. The molecule has 9 aromatic rings. The summed E-state index contributed by atoms with van der Waals surface area (Å²) in [4.78, 5) is 0.336. The zero-order valence-electron chi connectivity index (χ0n) is 58.4. The van der Waals surface area contributed by atoms with Crippen LogP contribution in [0.1, 0.15) is 67.5 Å². The fourth-order valence-corrected chi connectivity index (χ4v) is 6.04. The van der Waals surface area contributed by atoms with Crippen molar-refractivity contribution < 1.29 is 48.3 Å².